The number of benzene rings is 4. The highest BCUT2D eigenvalue weighted by Crippen LogP contribution is 2.31. The van der Waals surface area contributed by atoms with Gasteiger partial charge in [0.05, 0.1) is 21.2 Å². The third kappa shape index (κ3) is 6.89. The first-order valence-corrected chi connectivity index (χ1v) is 13.7. The van der Waals surface area contributed by atoms with E-state index in [1.807, 2.05) is 0 Å². The second-order valence-corrected chi connectivity index (χ2v) is 11.9. The molecule has 7 nitrogen and oxygen atoms in total. The zero-order chi connectivity index (χ0) is 29.1. The third-order valence-corrected chi connectivity index (χ3v) is 7.55. The van der Waals surface area contributed by atoms with Gasteiger partial charge in [0.25, 0.3) is 5.91 Å². The number of anilines is 2. The van der Waals surface area contributed by atoms with E-state index in [1.54, 1.807) is 51.1 Å². The fourth-order valence-electron chi connectivity index (χ4n) is 3.75. The molecule has 0 aromatic heterocycles. The van der Waals surface area contributed by atoms with E-state index in [9.17, 15) is 22.6 Å². The fourth-order valence-corrected chi connectivity index (χ4v) is 5.06. The van der Waals surface area contributed by atoms with Crippen LogP contribution < -0.4 is 10.6 Å². The molecule has 0 fully saturated rings. The molecule has 0 aliphatic heterocycles. The van der Waals surface area contributed by atoms with E-state index in [4.69, 9.17) is 9.52 Å². The van der Waals surface area contributed by atoms with Gasteiger partial charge >= 0.3 is 6.09 Å². The van der Waals surface area contributed by atoms with Crippen LogP contribution in [0.5, 0.6) is 0 Å². The summed E-state index contributed by atoms with van der Waals surface area (Å²) in [5, 5.41) is 5.41. The van der Waals surface area contributed by atoms with Crippen LogP contribution in [0.3, 0.4) is 0 Å². The van der Waals surface area contributed by atoms with Crippen molar-refractivity contribution in [3.05, 3.63) is 108 Å². The molecule has 40 heavy (non-hydrogen) atoms. The van der Waals surface area contributed by atoms with Gasteiger partial charge < -0.3 is 10.1 Å². The maximum Gasteiger partial charge on any atom is 0.412 e. The number of nitrogens with one attached hydrogen (secondary N) is 3. The molecule has 0 aliphatic rings. The Labute approximate surface area is 231 Å². The normalized spacial score (nSPS) is 12.7. The van der Waals surface area contributed by atoms with E-state index in [0.29, 0.717) is 11.1 Å². The maximum atomic E-state index is 13.4. The number of hydrogen-bond donors (Lipinski definition) is 3. The maximum absolute atomic E-state index is 13.4. The highest BCUT2D eigenvalue weighted by molar-refractivity contribution is 7.92. The zero-order valence-corrected chi connectivity index (χ0v) is 22.8. The Morgan fingerprint density at radius 2 is 1.23 bits per heavy atom. The van der Waals surface area contributed by atoms with Crippen molar-refractivity contribution in [1.29, 1.82) is 4.78 Å². The van der Waals surface area contributed by atoms with Gasteiger partial charge in [-0.3, -0.25) is 10.1 Å². The molecular formula is C30H27F2N3O4S. The second-order valence-electron chi connectivity index (χ2n) is 9.88. The van der Waals surface area contributed by atoms with Gasteiger partial charge in [-0.2, -0.15) is 0 Å². The van der Waals surface area contributed by atoms with Gasteiger partial charge in [0.1, 0.15) is 27.0 Å². The van der Waals surface area contributed by atoms with Crippen LogP contribution in [0, 0.1) is 16.4 Å². The standard InChI is InChI=1S/C30H27F2N3O4S/c1-30(2,3)39-29(37)35-26-17-8-21(19-4-9-22(31)10-5-19)18-27(26)34-28(36)20-6-13-24(14-7-20)40(33,38)25-15-11-23(32)12-16-25/h4-18,33H,1-3H3,(H,34,36)(H,35,37). The Morgan fingerprint density at radius 1 is 0.725 bits per heavy atom. The lowest BCUT2D eigenvalue weighted by Gasteiger charge is -2.21. The van der Waals surface area contributed by atoms with Gasteiger partial charge in [-0.15, -0.1) is 0 Å². The van der Waals surface area contributed by atoms with Crippen LogP contribution in [0.2, 0.25) is 0 Å². The first kappa shape index (κ1) is 28.4. The molecule has 0 heterocycles. The van der Waals surface area contributed by atoms with E-state index in [1.165, 1.54) is 48.5 Å². The number of ether oxygens (including phenoxy) is 1. The molecule has 0 bridgehead atoms. The van der Waals surface area contributed by atoms with E-state index in [0.717, 1.165) is 12.1 Å². The van der Waals surface area contributed by atoms with Crippen molar-refractivity contribution in [3.8, 4) is 11.1 Å². The number of carbonyl (C=O) groups is 2. The van der Waals surface area contributed by atoms with Crippen LogP contribution in [0.25, 0.3) is 11.1 Å². The fraction of sp³-hybridized carbons (Fsp3) is 0.133. The van der Waals surface area contributed by atoms with Gasteiger partial charge in [-0.25, -0.2) is 22.6 Å². The highest BCUT2D eigenvalue weighted by atomic mass is 32.2. The van der Waals surface area contributed by atoms with Gasteiger partial charge in [-0.1, -0.05) is 18.2 Å². The minimum atomic E-state index is -3.42. The van der Waals surface area contributed by atoms with E-state index >= 15 is 0 Å². The Kier molecular flexibility index (Phi) is 8.01. The molecule has 0 saturated heterocycles. The molecule has 4 aromatic rings. The quantitative estimate of drug-likeness (QED) is 0.223. The Balaban J connectivity index is 1.61. The summed E-state index contributed by atoms with van der Waals surface area (Å²) in [6, 6.07) is 21.3. The van der Waals surface area contributed by atoms with Crippen molar-refractivity contribution < 1.29 is 27.3 Å². The summed E-state index contributed by atoms with van der Waals surface area (Å²) in [6.07, 6.45) is -0.715. The lowest BCUT2D eigenvalue weighted by molar-refractivity contribution is 0.0635. The molecular weight excluding hydrogens is 536 g/mol. The highest BCUT2D eigenvalue weighted by Gasteiger charge is 2.19. The summed E-state index contributed by atoms with van der Waals surface area (Å²) in [4.78, 5) is 25.9. The van der Waals surface area contributed by atoms with Crippen LogP contribution in [-0.4, -0.2) is 21.8 Å². The van der Waals surface area contributed by atoms with E-state index < -0.39 is 33.1 Å². The van der Waals surface area contributed by atoms with Crippen molar-refractivity contribution in [2.45, 2.75) is 36.2 Å². The first-order chi connectivity index (χ1) is 18.8. The SMILES string of the molecule is CC(C)(C)OC(=O)Nc1ccc(-c2ccc(F)cc2)cc1NC(=O)c1ccc(S(=N)(=O)c2ccc(F)cc2)cc1. The Bertz CT molecular complexity index is 1650. The van der Waals surface area contributed by atoms with Crippen molar-refractivity contribution in [2.24, 2.45) is 0 Å². The molecule has 0 aliphatic carbocycles. The predicted molar refractivity (Wildman–Crippen MR) is 150 cm³/mol. The average Bonchev–Trinajstić information content (AvgIpc) is 2.89. The minimum absolute atomic E-state index is 0.140. The van der Waals surface area contributed by atoms with Crippen molar-refractivity contribution >= 4 is 33.1 Å². The van der Waals surface area contributed by atoms with Gasteiger partial charge in [-0.05, 0) is 105 Å². The molecule has 1 atom stereocenters. The molecule has 10 heteroatoms. The van der Waals surface area contributed by atoms with Crippen molar-refractivity contribution in [3.63, 3.8) is 0 Å². The number of rotatable bonds is 6. The Hall–Kier alpha value is -4.57. The van der Waals surface area contributed by atoms with Gasteiger partial charge in [0.15, 0.2) is 0 Å². The lowest BCUT2D eigenvalue weighted by atomic mass is 10.0. The van der Waals surface area contributed by atoms with E-state index in [-0.39, 0.29) is 32.5 Å². The van der Waals surface area contributed by atoms with Crippen molar-refractivity contribution in [1.82, 2.24) is 0 Å². The predicted octanol–water partition coefficient (Wildman–Crippen LogP) is 7.70. The zero-order valence-electron chi connectivity index (χ0n) is 22.0. The lowest BCUT2D eigenvalue weighted by Crippen LogP contribution is -2.27. The van der Waals surface area contributed by atoms with Crippen LogP contribution >= 0.6 is 0 Å². The minimum Gasteiger partial charge on any atom is -0.444 e. The number of amides is 2. The number of hydrogen-bond acceptors (Lipinski definition) is 5. The molecule has 2 amide bonds. The van der Waals surface area contributed by atoms with Crippen LogP contribution in [0.1, 0.15) is 31.1 Å². The molecule has 3 N–H and O–H groups in total. The summed E-state index contributed by atoms with van der Waals surface area (Å²) >= 11 is 0. The second kappa shape index (κ2) is 11.3. The molecule has 4 aromatic carbocycles. The third-order valence-electron chi connectivity index (χ3n) is 5.67. The summed E-state index contributed by atoms with van der Waals surface area (Å²) in [5.74, 6) is -1.43. The smallest absolute Gasteiger partial charge is 0.412 e. The first-order valence-electron chi connectivity index (χ1n) is 12.2. The van der Waals surface area contributed by atoms with Gasteiger partial charge in [0, 0.05) is 5.56 Å². The molecule has 4 rings (SSSR count). The van der Waals surface area contributed by atoms with Crippen LogP contribution in [0.15, 0.2) is 101 Å². The molecule has 206 valence electrons. The topological polar surface area (TPSA) is 108 Å². The number of halogens is 2. The van der Waals surface area contributed by atoms with Crippen molar-refractivity contribution in [2.75, 3.05) is 10.6 Å². The molecule has 0 radical (unpaired) electrons. The molecule has 1 unspecified atom stereocenters. The monoisotopic (exact) mass is 563 g/mol. The largest absolute Gasteiger partial charge is 0.444 e. The summed E-state index contributed by atoms with van der Waals surface area (Å²) < 4.78 is 53.4. The Morgan fingerprint density at radius 3 is 1.77 bits per heavy atom. The molecule has 0 saturated carbocycles. The summed E-state index contributed by atoms with van der Waals surface area (Å²) in [7, 11) is -3.42. The molecule has 0 spiro atoms. The van der Waals surface area contributed by atoms with Crippen LogP contribution in [-0.2, 0) is 14.5 Å². The number of carbonyl (C=O) groups excluding carboxylic acids is 2. The van der Waals surface area contributed by atoms with Crippen LogP contribution in [0.4, 0.5) is 25.0 Å². The average molecular weight is 564 g/mol. The van der Waals surface area contributed by atoms with Gasteiger partial charge in [0.2, 0.25) is 0 Å². The summed E-state index contributed by atoms with van der Waals surface area (Å²) in [6.45, 7) is 5.17. The summed E-state index contributed by atoms with van der Waals surface area (Å²) in [5.41, 5.74) is 1.35. The van der Waals surface area contributed by atoms with E-state index in [2.05, 4.69) is 10.6 Å².